The Hall–Kier alpha value is -3.59. The van der Waals surface area contributed by atoms with Gasteiger partial charge in [0.1, 0.15) is 19.2 Å². The van der Waals surface area contributed by atoms with Crippen molar-refractivity contribution in [3.8, 4) is 6.07 Å². The fourth-order valence-electron chi connectivity index (χ4n) is 2.40. The molecule has 0 unspecified atom stereocenters. The lowest BCUT2D eigenvalue weighted by molar-refractivity contribution is 0.304. The number of hydrogen-bond acceptors (Lipinski definition) is 3. The molecule has 5 nitrogen and oxygen atoms in total. The molecule has 2 aromatic carbocycles. The molecular formula is C20H16N4O. The second-order valence-corrected chi connectivity index (χ2v) is 5.30. The van der Waals surface area contributed by atoms with Crippen molar-refractivity contribution in [1.29, 1.82) is 5.26 Å². The van der Waals surface area contributed by atoms with Crippen LogP contribution in [0.2, 0.25) is 0 Å². The lowest BCUT2D eigenvalue weighted by Crippen LogP contribution is -2.20. The molecule has 0 bridgehead atoms. The summed E-state index contributed by atoms with van der Waals surface area (Å²) in [6.45, 7) is 14.6. The summed E-state index contributed by atoms with van der Waals surface area (Å²) in [6.07, 6.45) is 0. The molecule has 1 N–H and O–H groups in total. The van der Waals surface area contributed by atoms with E-state index in [1.807, 2.05) is 36.2 Å². The molecule has 5 heteroatoms. The topological polar surface area (TPSA) is 56.0 Å². The predicted molar refractivity (Wildman–Crippen MR) is 97.2 cm³/mol. The van der Waals surface area contributed by atoms with Gasteiger partial charge in [0.05, 0.1) is 17.4 Å². The molecule has 0 saturated carbocycles. The minimum atomic E-state index is 0.0151. The Balaban J connectivity index is 2.48. The zero-order chi connectivity index (χ0) is 18.2. The molecule has 0 aliphatic rings. The highest BCUT2D eigenvalue weighted by molar-refractivity contribution is 5.77. The molecule has 0 aromatic heterocycles. The van der Waals surface area contributed by atoms with Crippen molar-refractivity contribution in [2.75, 3.05) is 25.1 Å². The average Bonchev–Trinajstić information content (AvgIpc) is 2.65. The van der Waals surface area contributed by atoms with Crippen molar-refractivity contribution in [3.63, 3.8) is 0 Å². The Morgan fingerprint density at radius 3 is 2.08 bits per heavy atom. The minimum Gasteiger partial charge on any atom is -0.395 e. The summed E-state index contributed by atoms with van der Waals surface area (Å²) in [5.41, 5.74) is 2.27. The first kappa shape index (κ1) is 17.8. The van der Waals surface area contributed by atoms with Gasteiger partial charge in [0.15, 0.2) is 0 Å². The van der Waals surface area contributed by atoms with Gasteiger partial charge in [-0.2, -0.15) is 15.0 Å². The van der Waals surface area contributed by atoms with Gasteiger partial charge in [0.25, 0.3) is 0 Å². The van der Waals surface area contributed by atoms with Gasteiger partial charge in [-0.15, -0.1) is 0 Å². The summed E-state index contributed by atoms with van der Waals surface area (Å²) >= 11 is 0. The molecular weight excluding hydrogens is 312 g/mol. The van der Waals surface area contributed by atoms with Crippen LogP contribution in [0, 0.1) is 24.5 Å². The minimum absolute atomic E-state index is 0.0151. The van der Waals surface area contributed by atoms with E-state index < -0.39 is 0 Å². The monoisotopic (exact) mass is 328 g/mol. The van der Waals surface area contributed by atoms with Crippen LogP contribution in [0.4, 0.5) is 5.69 Å². The molecule has 25 heavy (non-hydrogen) atoms. The number of anilines is 1. The molecule has 0 atom stereocenters. The molecule has 2 aromatic rings. The van der Waals surface area contributed by atoms with Crippen LogP contribution in [0.3, 0.4) is 0 Å². The number of likely N-dealkylation sites (N-methyl/N-ethyl adjacent to an activating group) is 1. The Bertz CT molecular complexity index is 963. The van der Waals surface area contributed by atoms with Crippen molar-refractivity contribution in [2.24, 2.45) is 0 Å². The fraction of sp³-hybridized carbons (Fsp3) is 0.150. The van der Waals surface area contributed by atoms with Gasteiger partial charge in [0.2, 0.25) is 0 Å². The fourth-order valence-corrected chi connectivity index (χ4v) is 2.40. The number of rotatable bonds is 4. The molecule has 0 spiro atoms. The van der Waals surface area contributed by atoms with Gasteiger partial charge in [-0.05, 0) is 22.9 Å². The van der Waals surface area contributed by atoms with Crippen LogP contribution in [-0.2, 0) is 0 Å². The maximum absolute atomic E-state index is 9.53. The van der Waals surface area contributed by atoms with Gasteiger partial charge in [-0.3, -0.25) is 0 Å². The van der Waals surface area contributed by atoms with Crippen LogP contribution in [-0.4, -0.2) is 25.3 Å². The molecule has 122 valence electrons. The second kappa shape index (κ2) is 8.31. The Labute approximate surface area is 146 Å². The highest BCUT2D eigenvalue weighted by Crippen LogP contribution is 2.17. The summed E-state index contributed by atoms with van der Waals surface area (Å²) in [4.78, 5) is 8.31. The van der Waals surface area contributed by atoms with Gasteiger partial charge >= 0.3 is 5.82 Å². The van der Waals surface area contributed by atoms with E-state index >= 15 is 0 Å². The molecule has 0 amide bonds. The third-order valence-corrected chi connectivity index (χ3v) is 3.79. The van der Waals surface area contributed by atoms with Crippen molar-refractivity contribution in [3.05, 3.63) is 87.4 Å². The van der Waals surface area contributed by atoms with Crippen molar-refractivity contribution in [2.45, 2.75) is 0 Å². The molecule has 0 saturated heterocycles. The molecule has 0 aliphatic heterocycles. The summed E-state index contributed by atoms with van der Waals surface area (Å²) in [7, 11) is 1.89. The zero-order valence-corrected chi connectivity index (χ0v) is 13.8. The number of nitriles is 1. The number of nitrogens with zero attached hydrogens (tertiary/aromatic N) is 4. The van der Waals surface area contributed by atoms with Crippen LogP contribution in [0.5, 0.6) is 0 Å². The van der Waals surface area contributed by atoms with E-state index in [1.165, 1.54) is 0 Å². The number of hydrogen-bond donors (Lipinski definition) is 1. The van der Waals surface area contributed by atoms with E-state index in [0.29, 0.717) is 17.3 Å². The Morgan fingerprint density at radius 1 is 1.04 bits per heavy atom. The SMILES string of the molecule is [C-]#[N+]C([N+]#[C-])=c1ccc(=C(C#N)c2ccc(N(C)CCO)cc2)cc1. The smallest absolute Gasteiger partial charge is 0.395 e. The third kappa shape index (κ3) is 4.03. The standard InChI is InChI=1S/C20H16N4O/c1-22-20(23-2)17-6-4-15(5-7-17)19(14-21)16-8-10-18(11-9-16)24(3)12-13-25/h4-11,25H,12-13H2,3H3. The first-order chi connectivity index (χ1) is 12.1. The first-order valence-corrected chi connectivity index (χ1v) is 7.56. The van der Waals surface area contributed by atoms with Gasteiger partial charge < -0.3 is 10.0 Å². The Morgan fingerprint density at radius 2 is 1.60 bits per heavy atom. The predicted octanol–water partition coefficient (Wildman–Crippen LogP) is 1.74. The summed E-state index contributed by atoms with van der Waals surface area (Å²) in [5.74, 6) is 0.0151. The second-order valence-electron chi connectivity index (χ2n) is 5.30. The lowest BCUT2D eigenvalue weighted by Gasteiger charge is -2.18. The van der Waals surface area contributed by atoms with Crippen molar-refractivity contribution in [1.82, 2.24) is 0 Å². The highest BCUT2D eigenvalue weighted by Gasteiger charge is 2.06. The molecule has 0 radical (unpaired) electrons. The van der Waals surface area contributed by atoms with E-state index in [1.54, 1.807) is 24.3 Å². The van der Waals surface area contributed by atoms with Crippen LogP contribution >= 0.6 is 0 Å². The van der Waals surface area contributed by atoms with Crippen molar-refractivity contribution >= 4 is 17.1 Å². The number of aliphatic hydroxyl groups is 1. The average molecular weight is 328 g/mol. The van der Waals surface area contributed by atoms with Crippen LogP contribution in [0.1, 0.15) is 5.56 Å². The normalized spacial score (nSPS) is 9.40. The highest BCUT2D eigenvalue weighted by atomic mass is 16.3. The molecule has 0 heterocycles. The van der Waals surface area contributed by atoms with Gasteiger partial charge in [-0.25, -0.2) is 0 Å². The maximum Gasteiger partial charge on any atom is 0.526 e. The number of benzene rings is 2. The van der Waals surface area contributed by atoms with Gasteiger partial charge in [-0.1, -0.05) is 36.4 Å². The van der Waals surface area contributed by atoms with Crippen LogP contribution in [0.15, 0.2) is 48.5 Å². The summed E-state index contributed by atoms with van der Waals surface area (Å²) < 4.78 is 0. The van der Waals surface area contributed by atoms with Gasteiger partial charge in [0, 0.05) is 19.3 Å². The third-order valence-electron chi connectivity index (χ3n) is 3.79. The lowest BCUT2D eigenvalue weighted by atomic mass is 10.0. The summed E-state index contributed by atoms with van der Waals surface area (Å²) in [5, 5.41) is 19.8. The largest absolute Gasteiger partial charge is 0.526 e. The first-order valence-electron chi connectivity index (χ1n) is 7.56. The van der Waals surface area contributed by atoms with Crippen molar-refractivity contribution < 1.29 is 5.11 Å². The van der Waals surface area contributed by atoms with E-state index in [0.717, 1.165) is 16.5 Å². The van der Waals surface area contributed by atoms with Crippen LogP contribution < -0.4 is 15.3 Å². The number of aliphatic hydroxyl groups excluding tert-OH is 1. The van der Waals surface area contributed by atoms with E-state index in [-0.39, 0.29) is 12.4 Å². The summed E-state index contributed by atoms with van der Waals surface area (Å²) in [6, 6.07) is 16.6. The maximum atomic E-state index is 9.53. The molecule has 0 aliphatic carbocycles. The quantitative estimate of drug-likeness (QED) is 0.870. The molecule has 0 fully saturated rings. The van der Waals surface area contributed by atoms with E-state index in [4.69, 9.17) is 18.3 Å². The Kier molecular flexibility index (Phi) is 5.91. The van der Waals surface area contributed by atoms with Crippen LogP contribution in [0.25, 0.3) is 21.1 Å². The van der Waals surface area contributed by atoms with E-state index in [9.17, 15) is 5.26 Å². The zero-order valence-electron chi connectivity index (χ0n) is 13.8. The molecule has 2 rings (SSSR count). The van der Waals surface area contributed by atoms with E-state index in [2.05, 4.69) is 15.8 Å².